The van der Waals surface area contributed by atoms with Crippen LogP contribution in [0.1, 0.15) is 10.4 Å². The van der Waals surface area contributed by atoms with Gasteiger partial charge in [-0.05, 0) is 48.5 Å². The largest absolute Gasteiger partial charge is 0.351 e. The molecule has 1 fully saturated rings. The summed E-state index contributed by atoms with van der Waals surface area (Å²) in [4.78, 5) is 22.2. The van der Waals surface area contributed by atoms with Gasteiger partial charge in [0.25, 0.3) is 15.9 Å². The Bertz CT molecular complexity index is 1430. The van der Waals surface area contributed by atoms with Crippen molar-refractivity contribution in [3.05, 3.63) is 84.4 Å². The second-order valence-electron chi connectivity index (χ2n) is 8.88. The van der Waals surface area contributed by atoms with Gasteiger partial charge in [0.15, 0.2) is 5.13 Å². The van der Waals surface area contributed by atoms with E-state index in [4.69, 9.17) is 4.98 Å². The molecule has 8 nitrogen and oxygen atoms in total. The maximum Gasteiger partial charge on any atom is 0.264 e. The zero-order valence-corrected chi connectivity index (χ0v) is 22.2. The van der Waals surface area contributed by atoms with Crippen LogP contribution in [0.5, 0.6) is 0 Å². The molecule has 3 aromatic carbocycles. The predicted molar refractivity (Wildman–Crippen MR) is 149 cm³/mol. The van der Waals surface area contributed by atoms with Crippen LogP contribution in [0.2, 0.25) is 0 Å². The zero-order chi connectivity index (χ0) is 25.8. The number of hydrogen-bond acceptors (Lipinski definition) is 7. The number of nitrogens with one attached hydrogen (secondary N) is 1. The normalized spacial score (nSPS) is 14.6. The van der Waals surface area contributed by atoms with Crippen LogP contribution in [0, 0.1) is 0 Å². The van der Waals surface area contributed by atoms with Gasteiger partial charge in [-0.3, -0.25) is 14.0 Å². The molecular formula is C27H29N5O3S2. The minimum atomic E-state index is -3.71. The number of nitrogens with zero attached hydrogens (tertiary/aromatic N) is 4. The molecule has 4 aromatic rings. The van der Waals surface area contributed by atoms with Gasteiger partial charge in [0.1, 0.15) is 0 Å². The van der Waals surface area contributed by atoms with Gasteiger partial charge in [-0.1, -0.05) is 41.7 Å². The van der Waals surface area contributed by atoms with Crippen molar-refractivity contribution in [2.75, 3.05) is 55.5 Å². The molecule has 1 saturated heterocycles. The van der Waals surface area contributed by atoms with Crippen molar-refractivity contribution in [3.63, 3.8) is 0 Å². The number of benzene rings is 3. The minimum absolute atomic E-state index is 0.140. The van der Waals surface area contributed by atoms with E-state index in [9.17, 15) is 13.2 Å². The molecule has 1 aliphatic heterocycles. The Morgan fingerprint density at radius 3 is 2.32 bits per heavy atom. The lowest BCUT2D eigenvalue weighted by molar-refractivity contribution is 0.0947. The van der Waals surface area contributed by atoms with Gasteiger partial charge in [0.2, 0.25) is 0 Å². The number of para-hydroxylation sites is 2. The molecule has 0 aliphatic carbocycles. The summed E-state index contributed by atoms with van der Waals surface area (Å²) >= 11 is 1.73. The van der Waals surface area contributed by atoms with Crippen LogP contribution in [0.4, 0.5) is 10.8 Å². The third-order valence-corrected chi connectivity index (χ3v) is 9.43. The summed E-state index contributed by atoms with van der Waals surface area (Å²) in [5, 5.41) is 4.01. The van der Waals surface area contributed by atoms with E-state index in [-0.39, 0.29) is 10.8 Å². The third kappa shape index (κ3) is 5.61. The van der Waals surface area contributed by atoms with Gasteiger partial charge >= 0.3 is 0 Å². The summed E-state index contributed by atoms with van der Waals surface area (Å²) in [5.41, 5.74) is 2.05. The lowest BCUT2D eigenvalue weighted by atomic mass is 10.2. The van der Waals surface area contributed by atoms with Crippen LogP contribution in [0.15, 0.2) is 83.8 Å². The summed E-state index contributed by atoms with van der Waals surface area (Å²) in [6.45, 7) is 4.91. The summed E-state index contributed by atoms with van der Waals surface area (Å²) in [7, 11) is -2.19. The van der Waals surface area contributed by atoms with Crippen molar-refractivity contribution in [2.24, 2.45) is 0 Å². The van der Waals surface area contributed by atoms with Gasteiger partial charge in [0, 0.05) is 51.9 Å². The van der Waals surface area contributed by atoms with E-state index in [1.54, 1.807) is 47.7 Å². The van der Waals surface area contributed by atoms with Crippen LogP contribution in [0.3, 0.4) is 0 Å². The predicted octanol–water partition coefficient (Wildman–Crippen LogP) is 3.67. The Morgan fingerprint density at radius 1 is 0.946 bits per heavy atom. The van der Waals surface area contributed by atoms with Crippen LogP contribution in [-0.2, 0) is 10.0 Å². The van der Waals surface area contributed by atoms with Crippen molar-refractivity contribution in [1.82, 2.24) is 15.2 Å². The van der Waals surface area contributed by atoms with E-state index in [0.29, 0.717) is 17.8 Å². The van der Waals surface area contributed by atoms with Crippen molar-refractivity contribution >= 4 is 48.3 Å². The van der Waals surface area contributed by atoms with Crippen LogP contribution < -0.4 is 14.5 Å². The number of amides is 1. The van der Waals surface area contributed by atoms with Gasteiger partial charge in [-0.25, -0.2) is 13.4 Å². The Balaban J connectivity index is 1.10. The molecule has 1 N–H and O–H groups in total. The number of sulfonamides is 1. The number of rotatable bonds is 8. The molecule has 0 atom stereocenters. The van der Waals surface area contributed by atoms with Gasteiger partial charge in [0.05, 0.1) is 20.8 Å². The number of hydrogen-bond donors (Lipinski definition) is 1. The SMILES string of the molecule is CN(c1ccccc1)S(=O)(=O)c1ccc(C(=O)NCCN2CCN(c3nc4ccccc4s3)CC2)cc1. The summed E-state index contributed by atoms with van der Waals surface area (Å²) in [6, 6.07) is 23.1. The van der Waals surface area contributed by atoms with Crippen LogP contribution >= 0.6 is 11.3 Å². The van der Waals surface area contributed by atoms with Crippen LogP contribution in [0.25, 0.3) is 10.2 Å². The van der Waals surface area contributed by atoms with Crippen LogP contribution in [-0.4, -0.2) is 70.5 Å². The Kier molecular flexibility index (Phi) is 7.40. The van der Waals surface area contributed by atoms with E-state index in [1.807, 2.05) is 24.3 Å². The van der Waals surface area contributed by atoms with Gasteiger partial charge in [-0.15, -0.1) is 0 Å². The average Bonchev–Trinajstić information content (AvgIpc) is 3.38. The van der Waals surface area contributed by atoms with E-state index in [2.05, 4.69) is 21.2 Å². The fraction of sp³-hybridized carbons (Fsp3) is 0.259. The van der Waals surface area contributed by atoms with Gasteiger partial charge < -0.3 is 10.2 Å². The van der Waals surface area contributed by atoms with Gasteiger partial charge in [-0.2, -0.15) is 0 Å². The van der Waals surface area contributed by atoms with E-state index < -0.39 is 10.0 Å². The molecule has 1 aliphatic rings. The molecule has 1 amide bonds. The third-order valence-electron chi connectivity index (χ3n) is 6.53. The van der Waals surface area contributed by atoms with E-state index >= 15 is 0 Å². The van der Waals surface area contributed by atoms with Crippen molar-refractivity contribution in [1.29, 1.82) is 0 Å². The lowest BCUT2D eigenvalue weighted by Gasteiger charge is -2.34. The number of carbonyl (C=O) groups excluding carboxylic acids is 1. The van der Waals surface area contributed by atoms with Crippen molar-refractivity contribution in [2.45, 2.75) is 4.90 Å². The first-order valence-electron chi connectivity index (χ1n) is 12.2. The first-order chi connectivity index (χ1) is 17.9. The fourth-order valence-corrected chi connectivity index (χ4v) is 6.51. The number of aromatic nitrogens is 1. The maximum atomic E-state index is 12.9. The average molecular weight is 536 g/mol. The maximum absolute atomic E-state index is 12.9. The molecule has 0 unspecified atom stereocenters. The summed E-state index contributed by atoms with van der Waals surface area (Å²) < 4.78 is 28.3. The standard InChI is InChI=1S/C27H29N5O3S2/c1-30(22-7-3-2-4-8-22)37(34,35)23-13-11-21(12-14-23)26(33)28-15-16-31-17-19-32(20-18-31)27-29-24-9-5-6-10-25(24)36-27/h2-14H,15-20H2,1H3,(H,28,33). The molecule has 0 bridgehead atoms. The lowest BCUT2D eigenvalue weighted by Crippen LogP contribution is -2.48. The molecule has 0 spiro atoms. The van der Waals surface area contributed by atoms with Crippen molar-refractivity contribution < 1.29 is 13.2 Å². The highest BCUT2D eigenvalue weighted by Crippen LogP contribution is 2.29. The first-order valence-corrected chi connectivity index (χ1v) is 14.4. The highest BCUT2D eigenvalue weighted by molar-refractivity contribution is 7.92. The Morgan fingerprint density at radius 2 is 1.62 bits per heavy atom. The summed E-state index contributed by atoms with van der Waals surface area (Å²) in [6.07, 6.45) is 0. The number of anilines is 2. The first kappa shape index (κ1) is 25.2. The summed E-state index contributed by atoms with van der Waals surface area (Å²) in [5.74, 6) is -0.214. The topological polar surface area (TPSA) is 85.8 Å². The monoisotopic (exact) mass is 535 g/mol. The smallest absolute Gasteiger partial charge is 0.264 e. The van der Waals surface area contributed by atoms with E-state index in [0.717, 1.165) is 43.4 Å². The van der Waals surface area contributed by atoms with Crippen molar-refractivity contribution in [3.8, 4) is 0 Å². The molecule has 10 heteroatoms. The Hall–Kier alpha value is -3.47. The molecule has 5 rings (SSSR count). The molecular weight excluding hydrogens is 506 g/mol. The molecule has 192 valence electrons. The molecule has 0 saturated carbocycles. The number of fused-ring (bicyclic) bond motifs is 1. The van der Waals surface area contributed by atoms with E-state index in [1.165, 1.54) is 28.2 Å². The molecule has 1 aromatic heterocycles. The number of carbonyl (C=O) groups is 1. The highest BCUT2D eigenvalue weighted by atomic mass is 32.2. The highest BCUT2D eigenvalue weighted by Gasteiger charge is 2.22. The zero-order valence-electron chi connectivity index (χ0n) is 20.6. The second-order valence-corrected chi connectivity index (χ2v) is 11.9. The quantitative estimate of drug-likeness (QED) is 0.371. The molecule has 2 heterocycles. The fourth-order valence-electron chi connectivity index (χ4n) is 4.30. The molecule has 37 heavy (non-hydrogen) atoms. The number of thiazole rings is 1. The Labute approximate surface area is 221 Å². The second kappa shape index (κ2) is 10.9. The minimum Gasteiger partial charge on any atom is -0.351 e. The molecule has 0 radical (unpaired) electrons. The number of piperazine rings is 1.